The highest BCUT2D eigenvalue weighted by Crippen LogP contribution is 2.25. The smallest absolute Gasteiger partial charge is 0.260 e. The van der Waals surface area contributed by atoms with Gasteiger partial charge in [-0.15, -0.1) is 0 Å². The van der Waals surface area contributed by atoms with Gasteiger partial charge in [-0.1, -0.05) is 6.07 Å². The van der Waals surface area contributed by atoms with E-state index >= 15 is 0 Å². The number of imidazole rings is 1. The molecule has 0 fully saturated rings. The number of rotatable bonds is 5. The molecule has 2 rings (SSSR count). The number of hydrogen-bond donors (Lipinski definition) is 1. The van der Waals surface area contributed by atoms with Crippen molar-refractivity contribution in [3.05, 3.63) is 46.5 Å². The number of H-pyrrole nitrogens is 1. The molecule has 0 aliphatic rings. The summed E-state index contributed by atoms with van der Waals surface area (Å²) in [7, 11) is 1.72. The predicted octanol–water partition coefficient (Wildman–Crippen LogP) is 2.52. The second-order valence-corrected chi connectivity index (χ2v) is 5.36. The lowest BCUT2D eigenvalue weighted by Gasteiger charge is -2.16. The molecule has 0 saturated heterocycles. The standard InChI is InChI=1S/C14H16BrN3O2/c1-10-3-4-12(11(15)7-10)20-9-14(19)18(2)8-13-16-5-6-17-13/h3-7H,8-9H2,1-2H3,(H,16,17). The number of likely N-dealkylation sites (N-methyl/N-ethyl adjacent to an activating group) is 1. The molecule has 0 saturated carbocycles. The second-order valence-electron chi connectivity index (χ2n) is 4.51. The first-order chi connectivity index (χ1) is 9.56. The van der Waals surface area contributed by atoms with Crippen molar-refractivity contribution in [2.45, 2.75) is 13.5 Å². The van der Waals surface area contributed by atoms with Crippen LogP contribution >= 0.6 is 15.9 Å². The van der Waals surface area contributed by atoms with Gasteiger partial charge in [0.1, 0.15) is 11.6 Å². The average Bonchev–Trinajstić information content (AvgIpc) is 2.90. The average molecular weight is 338 g/mol. The first kappa shape index (κ1) is 14.6. The second kappa shape index (κ2) is 6.56. The van der Waals surface area contributed by atoms with Gasteiger partial charge in [0.05, 0.1) is 11.0 Å². The molecule has 0 unspecified atom stereocenters. The fourth-order valence-corrected chi connectivity index (χ4v) is 2.28. The first-order valence-corrected chi connectivity index (χ1v) is 6.96. The third-order valence-corrected chi connectivity index (χ3v) is 3.43. The SMILES string of the molecule is Cc1ccc(OCC(=O)N(C)Cc2ncc[nH]2)c(Br)c1. The van der Waals surface area contributed by atoms with E-state index in [2.05, 4.69) is 25.9 Å². The van der Waals surface area contributed by atoms with Crippen LogP contribution in [-0.4, -0.2) is 34.4 Å². The maximum atomic E-state index is 12.0. The molecule has 1 aromatic heterocycles. The van der Waals surface area contributed by atoms with E-state index in [0.29, 0.717) is 12.3 Å². The number of aryl methyl sites for hydroxylation is 1. The molecule has 0 bridgehead atoms. The van der Waals surface area contributed by atoms with Gasteiger partial charge in [0.25, 0.3) is 5.91 Å². The van der Waals surface area contributed by atoms with E-state index in [1.165, 1.54) is 0 Å². The maximum Gasteiger partial charge on any atom is 0.260 e. The van der Waals surface area contributed by atoms with E-state index in [-0.39, 0.29) is 12.5 Å². The third-order valence-electron chi connectivity index (χ3n) is 2.81. The highest BCUT2D eigenvalue weighted by Gasteiger charge is 2.12. The van der Waals surface area contributed by atoms with Gasteiger partial charge in [0.15, 0.2) is 6.61 Å². The Morgan fingerprint density at radius 2 is 2.30 bits per heavy atom. The number of benzene rings is 1. The van der Waals surface area contributed by atoms with Crippen LogP contribution in [0.4, 0.5) is 0 Å². The number of amides is 1. The summed E-state index contributed by atoms with van der Waals surface area (Å²) in [6.45, 7) is 2.43. The summed E-state index contributed by atoms with van der Waals surface area (Å²) in [4.78, 5) is 20.6. The fourth-order valence-electron chi connectivity index (χ4n) is 1.67. The zero-order valence-corrected chi connectivity index (χ0v) is 13.0. The minimum atomic E-state index is -0.103. The molecule has 0 spiro atoms. The molecule has 5 nitrogen and oxygen atoms in total. The van der Waals surface area contributed by atoms with Gasteiger partial charge in [-0.25, -0.2) is 4.98 Å². The molecule has 1 N–H and O–H groups in total. The molecule has 1 heterocycles. The number of nitrogens with zero attached hydrogens (tertiary/aromatic N) is 2. The van der Waals surface area contributed by atoms with E-state index in [4.69, 9.17) is 4.74 Å². The zero-order chi connectivity index (χ0) is 14.5. The minimum Gasteiger partial charge on any atom is -0.483 e. The van der Waals surface area contributed by atoms with Gasteiger partial charge in [-0.3, -0.25) is 4.79 Å². The van der Waals surface area contributed by atoms with Crippen LogP contribution in [0.25, 0.3) is 0 Å². The number of aromatic amines is 1. The van der Waals surface area contributed by atoms with Crippen molar-refractivity contribution in [2.24, 2.45) is 0 Å². The van der Waals surface area contributed by atoms with Crippen LogP contribution in [-0.2, 0) is 11.3 Å². The number of aromatic nitrogens is 2. The minimum absolute atomic E-state index is 0.00112. The van der Waals surface area contributed by atoms with Crippen LogP contribution < -0.4 is 4.74 Å². The topological polar surface area (TPSA) is 58.2 Å². The molecule has 0 aliphatic heterocycles. The van der Waals surface area contributed by atoms with E-state index in [1.54, 1.807) is 24.3 Å². The van der Waals surface area contributed by atoms with Crippen molar-refractivity contribution in [3.63, 3.8) is 0 Å². The monoisotopic (exact) mass is 337 g/mol. The molecular formula is C14H16BrN3O2. The Morgan fingerprint density at radius 3 is 2.95 bits per heavy atom. The number of hydrogen-bond acceptors (Lipinski definition) is 3. The van der Waals surface area contributed by atoms with Crippen LogP contribution in [0.5, 0.6) is 5.75 Å². The molecule has 1 aromatic carbocycles. The summed E-state index contributed by atoms with van der Waals surface area (Å²) in [6.07, 6.45) is 3.39. The van der Waals surface area contributed by atoms with E-state index < -0.39 is 0 Å². The van der Waals surface area contributed by atoms with Crippen molar-refractivity contribution >= 4 is 21.8 Å². The molecule has 0 atom stereocenters. The summed E-state index contributed by atoms with van der Waals surface area (Å²) >= 11 is 3.42. The van der Waals surface area contributed by atoms with Gasteiger partial charge in [0.2, 0.25) is 0 Å². The fraction of sp³-hybridized carbons (Fsp3) is 0.286. The maximum absolute atomic E-state index is 12.0. The summed E-state index contributed by atoms with van der Waals surface area (Å²) in [5.74, 6) is 1.31. The zero-order valence-electron chi connectivity index (χ0n) is 11.4. The Kier molecular flexibility index (Phi) is 4.79. The van der Waals surface area contributed by atoms with Gasteiger partial charge in [0, 0.05) is 19.4 Å². The van der Waals surface area contributed by atoms with Crippen molar-refractivity contribution in [1.29, 1.82) is 0 Å². The van der Waals surface area contributed by atoms with Crippen LogP contribution in [0.1, 0.15) is 11.4 Å². The lowest BCUT2D eigenvalue weighted by atomic mass is 10.2. The summed E-state index contributed by atoms with van der Waals surface area (Å²) in [6, 6.07) is 5.74. The van der Waals surface area contributed by atoms with E-state index in [0.717, 1.165) is 15.9 Å². The number of halogens is 1. The molecule has 106 valence electrons. The van der Waals surface area contributed by atoms with Crippen molar-refractivity contribution < 1.29 is 9.53 Å². The Hall–Kier alpha value is -1.82. The molecule has 1 amide bonds. The van der Waals surface area contributed by atoms with Crippen LogP contribution in [0.2, 0.25) is 0 Å². The highest BCUT2D eigenvalue weighted by molar-refractivity contribution is 9.10. The van der Waals surface area contributed by atoms with Crippen molar-refractivity contribution in [3.8, 4) is 5.75 Å². The van der Waals surface area contributed by atoms with Crippen molar-refractivity contribution in [1.82, 2.24) is 14.9 Å². The third kappa shape index (κ3) is 3.84. The largest absolute Gasteiger partial charge is 0.483 e. The van der Waals surface area contributed by atoms with E-state index in [1.807, 2.05) is 25.1 Å². The number of carbonyl (C=O) groups is 1. The predicted molar refractivity (Wildman–Crippen MR) is 79.4 cm³/mol. The summed E-state index contributed by atoms with van der Waals surface area (Å²) in [5, 5.41) is 0. The lowest BCUT2D eigenvalue weighted by molar-refractivity contribution is -0.132. The Labute approximate surface area is 126 Å². The Bertz CT molecular complexity index is 584. The number of ether oxygens (including phenoxy) is 1. The van der Waals surface area contributed by atoms with Gasteiger partial charge < -0.3 is 14.6 Å². The van der Waals surface area contributed by atoms with Crippen LogP contribution in [0, 0.1) is 6.92 Å². The highest BCUT2D eigenvalue weighted by atomic mass is 79.9. The Morgan fingerprint density at radius 1 is 1.50 bits per heavy atom. The summed E-state index contributed by atoms with van der Waals surface area (Å²) in [5.41, 5.74) is 1.13. The molecule has 0 aliphatic carbocycles. The molecular weight excluding hydrogens is 322 g/mol. The van der Waals surface area contributed by atoms with Crippen LogP contribution in [0.15, 0.2) is 35.1 Å². The molecule has 0 radical (unpaired) electrons. The Balaban J connectivity index is 1.88. The normalized spacial score (nSPS) is 10.3. The lowest BCUT2D eigenvalue weighted by Crippen LogP contribution is -2.31. The van der Waals surface area contributed by atoms with Gasteiger partial charge in [-0.2, -0.15) is 0 Å². The molecule has 20 heavy (non-hydrogen) atoms. The molecule has 6 heteroatoms. The van der Waals surface area contributed by atoms with Crippen LogP contribution in [0.3, 0.4) is 0 Å². The molecule has 2 aromatic rings. The number of carbonyl (C=O) groups excluding carboxylic acids is 1. The van der Waals surface area contributed by atoms with Gasteiger partial charge >= 0.3 is 0 Å². The van der Waals surface area contributed by atoms with E-state index in [9.17, 15) is 4.79 Å². The first-order valence-electron chi connectivity index (χ1n) is 6.17. The number of nitrogens with one attached hydrogen (secondary N) is 1. The van der Waals surface area contributed by atoms with Crippen molar-refractivity contribution in [2.75, 3.05) is 13.7 Å². The summed E-state index contributed by atoms with van der Waals surface area (Å²) < 4.78 is 6.37. The quantitative estimate of drug-likeness (QED) is 0.911. The van der Waals surface area contributed by atoms with Gasteiger partial charge in [-0.05, 0) is 40.5 Å².